The van der Waals surface area contributed by atoms with Gasteiger partial charge in [-0.25, -0.2) is 11.1 Å². The molecule has 0 saturated heterocycles. The number of benzene rings is 5. The van der Waals surface area contributed by atoms with Crippen molar-refractivity contribution in [3.63, 3.8) is 0 Å². The second-order valence-corrected chi connectivity index (χ2v) is 6.32. The van der Waals surface area contributed by atoms with Gasteiger partial charge in [-0.15, -0.1) is 11.1 Å². The maximum atomic E-state index is 3.15. The van der Waals surface area contributed by atoms with Crippen molar-refractivity contribution in [2.75, 3.05) is 0 Å². The Morgan fingerprint density at radius 1 is 0.433 bits per heavy atom. The van der Waals surface area contributed by atoms with Crippen LogP contribution in [0.4, 0.5) is 0 Å². The molecule has 5 rings (SSSR count). The van der Waals surface area contributed by atoms with Crippen LogP contribution in [0.25, 0.3) is 43.8 Å². The molecule has 4 heteroatoms. The maximum absolute atomic E-state index is 3.15. The van der Waals surface area contributed by atoms with Crippen LogP contribution in [-0.4, -0.2) is 0 Å². The van der Waals surface area contributed by atoms with E-state index in [-0.39, 0.29) is 131 Å². The predicted octanol–water partition coefficient (Wildman–Crippen LogP) is 6.52. The van der Waals surface area contributed by atoms with Crippen LogP contribution in [0.5, 0.6) is 0 Å². The molecule has 0 atom stereocenters. The first-order valence-corrected chi connectivity index (χ1v) is 8.61. The molecule has 0 heterocycles. The van der Waals surface area contributed by atoms with E-state index in [4.69, 9.17) is 0 Å². The summed E-state index contributed by atoms with van der Waals surface area (Å²) in [7, 11) is 0. The zero-order chi connectivity index (χ0) is 17.3. The summed E-state index contributed by atoms with van der Waals surface area (Å²) < 4.78 is 0. The van der Waals surface area contributed by atoms with Gasteiger partial charge in [-0.2, -0.15) is 0 Å². The average molecular weight is 682 g/mol. The van der Waals surface area contributed by atoms with Crippen LogP contribution in [0.15, 0.2) is 84.9 Å². The Bertz CT molecular complexity index is 1120. The van der Waals surface area contributed by atoms with E-state index in [0.717, 1.165) is 11.1 Å². The zero-order valence-electron chi connectivity index (χ0n) is 16.4. The summed E-state index contributed by atoms with van der Waals surface area (Å²) >= 11 is 0. The molecular formula is C26H14Y4-4. The van der Waals surface area contributed by atoms with Crippen LogP contribution in [-0.2, 0) is 131 Å². The summed E-state index contributed by atoms with van der Waals surface area (Å²) in [6.45, 7) is 0. The fourth-order valence-electron chi connectivity index (χ4n) is 3.65. The van der Waals surface area contributed by atoms with Crippen LogP contribution in [0.3, 0.4) is 0 Å². The molecule has 0 N–H and O–H groups in total. The smallest absolute Gasteiger partial charge is 0 e. The molecule has 5 aromatic carbocycles. The molecule has 134 valence electrons. The van der Waals surface area contributed by atoms with Gasteiger partial charge >= 0.3 is 0 Å². The van der Waals surface area contributed by atoms with Crippen LogP contribution >= 0.6 is 0 Å². The van der Waals surface area contributed by atoms with Gasteiger partial charge in [0.25, 0.3) is 0 Å². The van der Waals surface area contributed by atoms with Gasteiger partial charge in [0.15, 0.2) is 0 Å². The zero-order valence-corrected chi connectivity index (χ0v) is 27.7. The second kappa shape index (κ2) is 13.7. The fraction of sp³-hybridized carbons (Fsp3) is 0. The monoisotopic (exact) mass is 682 g/mol. The average Bonchev–Trinajstić information content (AvgIpc) is 2.74. The van der Waals surface area contributed by atoms with Gasteiger partial charge in [0.05, 0.1) is 0 Å². The van der Waals surface area contributed by atoms with Crippen molar-refractivity contribution in [2.24, 2.45) is 0 Å². The van der Waals surface area contributed by atoms with E-state index in [1.165, 1.54) is 32.7 Å². The summed E-state index contributed by atoms with van der Waals surface area (Å²) in [5, 5.41) is 4.99. The molecule has 0 spiro atoms. The van der Waals surface area contributed by atoms with Gasteiger partial charge in [-0.05, 0) is 21.5 Å². The third-order valence-corrected chi connectivity index (χ3v) is 4.80. The van der Waals surface area contributed by atoms with E-state index in [1.807, 2.05) is 36.4 Å². The van der Waals surface area contributed by atoms with Crippen molar-refractivity contribution >= 4 is 21.5 Å². The Hall–Kier alpha value is 1.04. The minimum Gasteiger partial charge on any atom is -0.358 e. The first-order valence-electron chi connectivity index (χ1n) is 8.61. The molecule has 0 unspecified atom stereocenters. The fourth-order valence-corrected chi connectivity index (χ4v) is 3.65. The van der Waals surface area contributed by atoms with Crippen LogP contribution in [0.1, 0.15) is 0 Å². The Morgan fingerprint density at radius 3 is 1.17 bits per heavy atom. The van der Waals surface area contributed by atoms with E-state index < -0.39 is 0 Å². The quantitative estimate of drug-likeness (QED) is 0.147. The van der Waals surface area contributed by atoms with Crippen LogP contribution < -0.4 is 0 Å². The van der Waals surface area contributed by atoms with Crippen molar-refractivity contribution in [1.29, 1.82) is 0 Å². The molecule has 0 amide bonds. The van der Waals surface area contributed by atoms with E-state index in [9.17, 15) is 0 Å². The number of hydrogen-bond donors (Lipinski definition) is 0. The van der Waals surface area contributed by atoms with Crippen molar-refractivity contribution in [1.82, 2.24) is 0 Å². The van der Waals surface area contributed by atoms with Crippen LogP contribution in [0, 0.1) is 24.3 Å². The normalized spacial score (nSPS) is 9.60. The van der Waals surface area contributed by atoms with E-state index in [1.54, 1.807) is 0 Å². The number of rotatable bonds is 2. The van der Waals surface area contributed by atoms with Crippen molar-refractivity contribution in [3.8, 4) is 22.3 Å². The van der Waals surface area contributed by atoms with Gasteiger partial charge in [-0.3, -0.25) is 24.3 Å². The van der Waals surface area contributed by atoms with Gasteiger partial charge in [0.2, 0.25) is 0 Å². The second-order valence-electron chi connectivity index (χ2n) is 6.32. The van der Waals surface area contributed by atoms with Gasteiger partial charge in [-0.1, -0.05) is 48.5 Å². The number of hydrogen-bond acceptors (Lipinski definition) is 0. The van der Waals surface area contributed by atoms with E-state index >= 15 is 0 Å². The molecule has 0 aliphatic heterocycles. The summed E-state index contributed by atoms with van der Waals surface area (Å²) in [4.78, 5) is 0. The summed E-state index contributed by atoms with van der Waals surface area (Å²) in [6, 6.07) is 41.7. The minimum absolute atomic E-state index is 0. The molecular weight excluding hydrogens is 668 g/mol. The van der Waals surface area contributed by atoms with Crippen molar-refractivity contribution < 1.29 is 131 Å². The molecule has 0 aromatic heterocycles. The van der Waals surface area contributed by atoms with Crippen LogP contribution in [0.2, 0.25) is 0 Å². The minimum atomic E-state index is 0. The SMILES string of the molecule is [Y].[Y].[Y].[Y].[c-]1c[c-]cc(-c2cccc3ccc4cccc(-c5c[c-]c[c-]c5)c4c23)c1. The molecule has 30 heavy (non-hydrogen) atoms. The summed E-state index contributed by atoms with van der Waals surface area (Å²) in [5.74, 6) is 0. The summed E-state index contributed by atoms with van der Waals surface area (Å²) in [6.07, 6.45) is 0. The van der Waals surface area contributed by atoms with E-state index in [0.29, 0.717) is 0 Å². The Morgan fingerprint density at radius 2 is 0.800 bits per heavy atom. The number of fused-ring (bicyclic) bond motifs is 3. The maximum Gasteiger partial charge on any atom is 0 e. The largest absolute Gasteiger partial charge is 0.358 e. The third-order valence-electron chi connectivity index (χ3n) is 4.80. The van der Waals surface area contributed by atoms with Crippen molar-refractivity contribution in [3.05, 3.63) is 109 Å². The molecule has 0 aliphatic rings. The van der Waals surface area contributed by atoms with Gasteiger partial charge < -0.3 is 36.4 Å². The van der Waals surface area contributed by atoms with Gasteiger partial charge in [0, 0.05) is 131 Å². The first-order chi connectivity index (χ1) is 12.9. The molecule has 0 fully saturated rings. The first kappa shape index (κ1) is 29.1. The Balaban J connectivity index is 0.00000112. The molecule has 0 bridgehead atoms. The molecule has 4 radical (unpaired) electrons. The molecule has 0 aliphatic carbocycles. The molecule has 0 nitrogen and oxygen atoms in total. The molecule has 0 saturated carbocycles. The summed E-state index contributed by atoms with van der Waals surface area (Å²) in [5.41, 5.74) is 4.67. The topological polar surface area (TPSA) is 0 Å². The third kappa shape index (κ3) is 5.93. The van der Waals surface area contributed by atoms with Crippen molar-refractivity contribution in [2.45, 2.75) is 0 Å². The Kier molecular flexibility index (Phi) is 13.2. The van der Waals surface area contributed by atoms with Gasteiger partial charge in [0.1, 0.15) is 0 Å². The molecule has 5 aromatic rings. The van der Waals surface area contributed by atoms with E-state index in [2.05, 4.69) is 72.8 Å². The predicted molar refractivity (Wildman–Crippen MR) is 108 cm³/mol. The standard InChI is InChI=1S/C26H14.4Y/c1-3-9-19(10-4-1)23-15-7-13-21-17-18-22-14-8-16-24(26(22)25(21)23)20-11-5-2-6-12-20;;;;/h1-2,7-18H;;;;/q-4;;;;. The Labute approximate surface area is 278 Å².